The SMILES string of the molecule is [B]c1c(C)cc(N(CCC(=O)OCC)C(=O)N=C)cc1C. The van der Waals surface area contributed by atoms with Gasteiger partial charge in [-0.3, -0.25) is 9.69 Å². The molecule has 0 saturated heterocycles. The lowest BCUT2D eigenvalue weighted by molar-refractivity contribution is -0.142. The normalized spacial score (nSPS) is 10.0. The summed E-state index contributed by atoms with van der Waals surface area (Å²) in [5.41, 5.74) is 3.05. The van der Waals surface area contributed by atoms with Crippen LogP contribution in [0.1, 0.15) is 24.5 Å². The molecule has 1 aromatic carbocycles. The predicted octanol–water partition coefficient (Wildman–Crippen LogP) is 1.68. The van der Waals surface area contributed by atoms with E-state index in [9.17, 15) is 9.59 Å². The lowest BCUT2D eigenvalue weighted by Gasteiger charge is -2.22. The first-order chi connectivity index (χ1) is 9.90. The van der Waals surface area contributed by atoms with Crippen LogP contribution in [0.15, 0.2) is 17.1 Å². The number of aryl methyl sites for hydroxylation is 2. The Bertz CT molecular complexity index is 535. The molecule has 2 radical (unpaired) electrons. The van der Waals surface area contributed by atoms with E-state index < -0.39 is 6.03 Å². The van der Waals surface area contributed by atoms with Crippen molar-refractivity contribution in [3.05, 3.63) is 23.3 Å². The van der Waals surface area contributed by atoms with Crippen LogP contribution in [-0.2, 0) is 9.53 Å². The van der Waals surface area contributed by atoms with Gasteiger partial charge >= 0.3 is 12.0 Å². The highest BCUT2D eigenvalue weighted by molar-refractivity contribution is 6.34. The lowest BCUT2D eigenvalue weighted by atomic mass is 9.86. The van der Waals surface area contributed by atoms with Crippen molar-refractivity contribution in [2.24, 2.45) is 4.99 Å². The number of amides is 2. The molecule has 0 aliphatic heterocycles. The van der Waals surface area contributed by atoms with E-state index in [1.807, 2.05) is 13.8 Å². The molecule has 0 unspecified atom stereocenters. The van der Waals surface area contributed by atoms with Gasteiger partial charge in [0.25, 0.3) is 0 Å². The summed E-state index contributed by atoms with van der Waals surface area (Å²) in [5, 5.41) is 0. The molecule has 1 rings (SSSR count). The molecule has 0 aliphatic rings. The van der Waals surface area contributed by atoms with Gasteiger partial charge in [-0.2, -0.15) is 0 Å². The van der Waals surface area contributed by atoms with Crippen molar-refractivity contribution in [2.75, 3.05) is 18.1 Å². The van der Waals surface area contributed by atoms with Gasteiger partial charge in [-0.1, -0.05) is 16.6 Å². The number of carbonyl (C=O) groups is 2. The van der Waals surface area contributed by atoms with Gasteiger partial charge in [0, 0.05) is 12.2 Å². The third kappa shape index (κ3) is 4.44. The van der Waals surface area contributed by atoms with E-state index in [1.54, 1.807) is 19.1 Å². The predicted molar refractivity (Wildman–Crippen MR) is 84.8 cm³/mol. The minimum absolute atomic E-state index is 0.0948. The number of anilines is 1. The Morgan fingerprint density at radius 3 is 2.38 bits per heavy atom. The van der Waals surface area contributed by atoms with E-state index in [2.05, 4.69) is 11.7 Å². The lowest BCUT2D eigenvalue weighted by Crippen LogP contribution is -2.31. The molecule has 0 spiro atoms. The molecule has 0 heterocycles. The Kier molecular flexibility index (Phi) is 6.15. The molecule has 1 aromatic rings. The zero-order valence-electron chi connectivity index (χ0n) is 12.7. The molecule has 5 nitrogen and oxygen atoms in total. The average Bonchev–Trinajstić information content (AvgIpc) is 2.44. The highest BCUT2D eigenvalue weighted by atomic mass is 16.5. The van der Waals surface area contributed by atoms with Crippen LogP contribution in [0.4, 0.5) is 10.5 Å². The molecule has 0 atom stereocenters. The van der Waals surface area contributed by atoms with Crippen molar-refractivity contribution in [3.8, 4) is 0 Å². The van der Waals surface area contributed by atoms with Crippen LogP contribution in [0.3, 0.4) is 0 Å². The number of rotatable bonds is 5. The molecule has 0 fully saturated rings. The standard InChI is InChI=1S/C15H19BN2O3/c1-5-21-13(19)6-7-18(15(20)17-4)12-8-10(2)14(16)11(3)9-12/h8-9H,4-7H2,1-3H3. The minimum Gasteiger partial charge on any atom is -0.466 e. The first-order valence-corrected chi connectivity index (χ1v) is 6.71. The summed E-state index contributed by atoms with van der Waals surface area (Å²) < 4.78 is 4.86. The van der Waals surface area contributed by atoms with Crippen molar-refractivity contribution in [2.45, 2.75) is 27.2 Å². The maximum atomic E-state index is 11.9. The van der Waals surface area contributed by atoms with Gasteiger partial charge in [-0.15, -0.1) is 0 Å². The minimum atomic E-state index is -0.511. The van der Waals surface area contributed by atoms with Crippen molar-refractivity contribution in [1.82, 2.24) is 0 Å². The summed E-state index contributed by atoms with van der Waals surface area (Å²) >= 11 is 0. The number of urea groups is 1. The molecular formula is C15H19BN2O3. The summed E-state index contributed by atoms with van der Waals surface area (Å²) in [6, 6.07) is 3.07. The second kappa shape index (κ2) is 7.62. The second-order valence-corrected chi connectivity index (χ2v) is 4.64. The quantitative estimate of drug-likeness (QED) is 0.470. The van der Waals surface area contributed by atoms with E-state index >= 15 is 0 Å². The molecule has 110 valence electrons. The molecule has 0 saturated carbocycles. The largest absolute Gasteiger partial charge is 0.466 e. The Morgan fingerprint density at radius 1 is 1.33 bits per heavy atom. The van der Waals surface area contributed by atoms with E-state index in [0.717, 1.165) is 11.1 Å². The van der Waals surface area contributed by atoms with E-state index in [1.165, 1.54) is 4.90 Å². The van der Waals surface area contributed by atoms with Gasteiger partial charge in [0.2, 0.25) is 0 Å². The van der Waals surface area contributed by atoms with Gasteiger partial charge in [-0.05, 0) is 39.6 Å². The molecule has 2 amide bonds. The summed E-state index contributed by atoms with van der Waals surface area (Å²) in [6.07, 6.45) is 0.0948. The Hall–Kier alpha value is -2.11. The van der Waals surface area contributed by atoms with Crippen LogP contribution in [0.25, 0.3) is 0 Å². The van der Waals surface area contributed by atoms with Gasteiger partial charge < -0.3 is 4.74 Å². The molecule has 0 aliphatic carbocycles. The first-order valence-electron chi connectivity index (χ1n) is 6.71. The number of hydrogen-bond donors (Lipinski definition) is 0. The fourth-order valence-electron chi connectivity index (χ4n) is 1.96. The summed E-state index contributed by atoms with van der Waals surface area (Å²) in [5.74, 6) is -0.358. The highest BCUT2D eigenvalue weighted by Crippen LogP contribution is 2.18. The number of ether oxygens (including phenoxy) is 1. The third-order valence-corrected chi connectivity index (χ3v) is 3.10. The van der Waals surface area contributed by atoms with Crippen molar-refractivity contribution >= 4 is 37.7 Å². The number of carbonyl (C=O) groups excluding carboxylic acids is 2. The zero-order chi connectivity index (χ0) is 16.0. The Morgan fingerprint density at radius 2 is 1.90 bits per heavy atom. The first kappa shape index (κ1) is 16.9. The van der Waals surface area contributed by atoms with E-state index in [-0.39, 0.29) is 18.9 Å². The van der Waals surface area contributed by atoms with Crippen LogP contribution in [-0.4, -0.2) is 39.7 Å². The Labute approximate surface area is 126 Å². The maximum absolute atomic E-state index is 11.9. The van der Waals surface area contributed by atoms with Crippen molar-refractivity contribution in [3.63, 3.8) is 0 Å². The molecular weight excluding hydrogens is 267 g/mol. The maximum Gasteiger partial charge on any atom is 0.347 e. The number of hydrogen-bond acceptors (Lipinski definition) is 3. The third-order valence-electron chi connectivity index (χ3n) is 3.10. The molecule has 21 heavy (non-hydrogen) atoms. The highest BCUT2D eigenvalue weighted by Gasteiger charge is 2.17. The van der Waals surface area contributed by atoms with Crippen LogP contribution in [0.5, 0.6) is 0 Å². The monoisotopic (exact) mass is 286 g/mol. The van der Waals surface area contributed by atoms with Crippen molar-refractivity contribution in [1.29, 1.82) is 0 Å². The van der Waals surface area contributed by atoms with Gasteiger partial charge in [0.05, 0.1) is 13.0 Å². The summed E-state index contributed by atoms with van der Waals surface area (Å²) in [4.78, 5) is 28.2. The smallest absolute Gasteiger partial charge is 0.347 e. The topological polar surface area (TPSA) is 59.0 Å². The molecule has 0 aromatic heterocycles. The molecule has 0 bridgehead atoms. The van der Waals surface area contributed by atoms with Crippen LogP contribution < -0.4 is 10.4 Å². The van der Waals surface area contributed by atoms with Crippen molar-refractivity contribution < 1.29 is 14.3 Å². The van der Waals surface area contributed by atoms with E-state index in [0.29, 0.717) is 17.8 Å². The molecule has 6 heteroatoms. The van der Waals surface area contributed by atoms with Crippen LogP contribution >= 0.6 is 0 Å². The fraction of sp³-hybridized carbons (Fsp3) is 0.400. The number of esters is 1. The van der Waals surface area contributed by atoms with Gasteiger partial charge in [-0.25, -0.2) is 9.79 Å². The molecule has 0 N–H and O–H groups in total. The van der Waals surface area contributed by atoms with Gasteiger partial charge in [0.15, 0.2) is 0 Å². The Balaban J connectivity index is 3.00. The number of aliphatic imine (C=N–C) groups is 1. The second-order valence-electron chi connectivity index (χ2n) is 4.64. The summed E-state index contributed by atoms with van der Waals surface area (Å²) in [6.45, 7) is 9.20. The number of nitrogens with zero attached hydrogens (tertiary/aromatic N) is 2. The number of benzene rings is 1. The van der Waals surface area contributed by atoms with E-state index in [4.69, 9.17) is 12.6 Å². The zero-order valence-corrected chi connectivity index (χ0v) is 12.7. The average molecular weight is 286 g/mol. The summed E-state index contributed by atoms with van der Waals surface area (Å²) in [7, 11) is 5.91. The fourth-order valence-corrected chi connectivity index (χ4v) is 1.96. The van der Waals surface area contributed by atoms with Crippen LogP contribution in [0, 0.1) is 13.8 Å². The van der Waals surface area contributed by atoms with Crippen LogP contribution in [0.2, 0.25) is 0 Å². The van der Waals surface area contributed by atoms with Gasteiger partial charge in [0.1, 0.15) is 7.85 Å².